The molecule has 0 saturated carbocycles. The van der Waals surface area contributed by atoms with E-state index in [4.69, 9.17) is 4.74 Å². The average Bonchev–Trinajstić information content (AvgIpc) is 2.44. The van der Waals surface area contributed by atoms with Crippen LogP contribution in [-0.2, 0) is 10.0 Å². The van der Waals surface area contributed by atoms with Gasteiger partial charge in [0, 0.05) is 0 Å². The Balaban J connectivity index is 2.46. The van der Waals surface area contributed by atoms with Crippen LogP contribution in [0.2, 0.25) is 0 Å². The topological polar surface area (TPSA) is 55.4 Å². The van der Waals surface area contributed by atoms with Crippen LogP contribution in [0.3, 0.4) is 0 Å². The van der Waals surface area contributed by atoms with Gasteiger partial charge in [-0.2, -0.15) is 0 Å². The van der Waals surface area contributed by atoms with Crippen LogP contribution in [-0.4, -0.2) is 15.5 Å². The molecule has 112 valence electrons. The summed E-state index contributed by atoms with van der Waals surface area (Å²) in [4.78, 5) is 0.268. The molecule has 0 atom stereocenters. The summed E-state index contributed by atoms with van der Waals surface area (Å²) in [6, 6.07) is 10.5. The van der Waals surface area contributed by atoms with Gasteiger partial charge in [-0.3, -0.25) is 4.72 Å². The molecule has 0 bridgehead atoms. The maximum atomic E-state index is 12.6. The van der Waals surface area contributed by atoms with Crippen LogP contribution in [0.5, 0.6) is 5.75 Å². The molecule has 0 unspecified atom stereocenters. The number of sulfonamides is 1. The van der Waals surface area contributed by atoms with Crippen molar-refractivity contribution in [2.45, 2.75) is 25.7 Å². The third-order valence-electron chi connectivity index (χ3n) is 3.59. The van der Waals surface area contributed by atoms with E-state index < -0.39 is 10.0 Å². The molecule has 0 amide bonds. The first-order valence-corrected chi connectivity index (χ1v) is 8.08. The highest BCUT2D eigenvalue weighted by molar-refractivity contribution is 7.92. The fourth-order valence-electron chi connectivity index (χ4n) is 2.17. The predicted octanol–water partition coefficient (Wildman–Crippen LogP) is 3.42. The Morgan fingerprint density at radius 3 is 2.24 bits per heavy atom. The first-order valence-electron chi connectivity index (χ1n) is 6.59. The van der Waals surface area contributed by atoms with E-state index >= 15 is 0 Å². The zero-order valence-corrected chi connectivity index (χ0v) is 13.4. The molecule has 0 aliphatic rings. The molecule has 0 fully saturated rings. The molecule has 2 aromatic rings. The molecule has 0 saturated heterocycles. The number of aryl methyl sites for hydroxylation is 1. The van der Waals surface area contributed by atoms with Crippen LogP contribution in [0.15, 0.2) is 41.3 Å². The van der Waals surface area contributed by atoms with Gasteiger partial charge < -0.3 is 4.74 Å². The minimum atomic E-state index is -3.62. The Morgan fingerprint density at radius 2 is 1.62 bits per heavy atom. The lowest BCUT2D eigenvalue weighted by Crippen LogP contribution is -2.15. The number of methoxy groups -OCH3 is 1. The third-order valence-corrected chi connectivity index (χ3v) is 5.10. The molecule has 4 nitrogen and oxygen atoms in total. The van der Waals surface area contributed by atoms with E-state index in [1.165, 1.54) is 0 Å². The lowest BCUT2D eigenvalue weighted by Gasteiger charge is -2.15. The Labute approximate surface area is 125 Å². The van der Waals surface area contributed by atoms with Crippen LogP contribution in [0, 0.1) is 20.8 Å². The number of nitrogens with one attached hydrogen (secondary N) is 1. The van der Waals surface area contributed by atoms with Crippen molar-refractivity contribution in [2.75, 3.05) is 11.8 Å². The SMILES string of the molecule is COc1ccc(S(=O)(=O)Nc2ccccc2C)c(C)c1C. The van der Waals surface area contributed by atoms with Gasteiger partial charge in [0.1, 0.15) is 5.75 Å². The molecule has 0 spiro atoms. The first-order chi connectivity index (χ1) is 9.86. The molecular formula is C16H19NO3S. The van der Waals surface area contributed by atoms with Gasteiger partial charge in [0.2, 0.25) is 0 Å². The Bertz CT molecular complexity index is 767. The monoisotopic (exact) mass is 305 g/mol. The first kappa shape index (κ1) is 15.4. The summed E-state index contributed by atoms with van der Waals surface area (Å²) in [5, 5.41) is 0. The fourth-order valence-corrected chi connectivity index (χ4v) is 3.60. The highest BCUT2D eigenvalue weighted by Crippen LogP contribution is 2.28. The van der Waals surface area contributed by atoms with Crippen molar-refractivity contribution in [1.82, 2.24) is 0 Å². The van der Waals surface area contributed by atoms with Gasteiger partial charge in [-0.25, -0.2) is 8.42 Å². The van der Waals surface area contributed by atoms with Crippen molar-refractivity contribution < 1.29 is 13.2 Å². The highest BCUT2D eigenvalue weighted by atomic mass is 32.2. The third kappa shape index (κ3) is 3.03. The van der Waals surface area contributed by atoms with Crippen LogP contribution in [0.1, 0.15) is 16.7 Å². The number of hydrogen-bond donors (Lipinski definition) is 1. The summed E-state index contributed by atoms with van der Waals surface area (Å²) in [7, 11) is -2.05. The molecule has 0 radical (unpaired) electrons. The van der Waals surface area contributed by atoms with Crippen molar-refractivity contribution in [2.24, 2.45) is 0 Å². The molecule has 21 heavy (non-hydrogen) atoms. The average molecular weight is 305 g/mol. The number of para-hydroxylation sites is 1. The van der Waals surface area contributed by atoms with Gasteiger partial charge in [0.25, 0.3) is 10.0 Å². The largest absolute Gasteiger partial charge is 0.496 e. The quantitative estimate of drug-likeness (QED) is 0.941. The molecular weight excluding hydrogens is 286 g/mol. The summed E-state index contributed by atoms with van der Waals surface area (Å²) in [6.07, 6.45) is 0. The smallest absolute Gasteiger partial charge is 0.262 e. The van der Waals surface area contributed by atoms with Gasteiger partial charge in [0.15, 0.2) is 0 Å². The van der Waals surface area contributed by atoms with E-state index in [-0.39, 0.29) is 4.90 Å². The van der Waals surface area contributed by atoms with Gasteiger partial charge in [-0.15, -0.1) is 0 Å². The predicted molar refractivity (Wildman–Crippen MR) is 84.5 cm³/mol. The minimum Gasteiger partial charge on any atom is -0.496 e. The molecule has 2 rings (SSSR count). The molecule has 0 aromatic heterocycles. The molecule has 0 heterocycles. The molecule has 1 N–H and O–H groups in total. The van der Waals surface area contributed by atoms with E-state index in [1.807, 2.05) is 26.0 Å². The highest BCUT2D eigenvalue weighted by Gasteiger charge is 2.20. The summed E-state index contributed by atoms with van der Waals surface area (Å²) in [6.45, 7) is 5.50. The Kier molecular flexibility index (Phi) is 4.23. The van der Waals surface area contributed by atoms with Gasteiger partial charge in [-0.1, -0.05) is 18.2 Å². The molecule has 0 aliphatic heterocycles. The van der Waals surface area contributed by atoms with Gasteiger partial charge in [0.05, 0.1) is 17.7 Å². The Morgan fingerprint density at radius 1 is 0.952 bits per heavy atom. The number of benzene rings is 2. The summed E-state index contributed by atoms with van der Waals surface area (Å²) in [5.41, 5.74) is 2.98. The van der Waals surface area contributed by atoms with Crippen molar-refractivity contribution in [1.29, 1.82) is 0 Å². The van der Waals surface area contributed by atoms with Crippen LogP contribution < -0.4 is 9.46 Å². The second-order valence-corrected chi connectivity index (χ2v) is 6.59. The summed E-state index contributed by atoms with van der Waals surface area (Å²) >= 11 is 0. The van der Waals surface area contributed by atoms with Crippen molar-refractivity contribution in [3.05, 3.63) is 53.1 Å². The second kappa shape index (κ2) is 5.77. The number of anilines is 1. The van der Waals surface area contributed by atoms with E-state index in [2.05, 4.69) is 4.72 Å². The van der Waals surface area contributed by atoms with Crippen LogP contribution >= 0.6 is 0 Å². The summed E-state index contributed by atoms with van der Waals surface area (Å²) < 4.78 is 33.0. The van der Waals surface area contributed by atoms with E-state index in [1.54, 1.807) is 38.3 Å². The maximum absolute atomic E-state index is 12.6. The zero-order chi connectivity index (χ0) is 15.6. The Hall–Kier alpha value is -2.01. The van der Waals surface area contributed by atoms with E-state index in [0.29, 0.717) is 17.0 Å². The maximum Gasteiger partial charge on any atom is 0.262 e. The molecule has 5 heteroatoms. The molecule has 0 aliphatic carbocycles. The zero-order valence-electron chi connectivity index (χ0n) is 12.6. The lowest BCUT2D eigenvalue weighted by molar-refractivity contribution is 0.411. The normalized spacial score (nSPS) is 11.2. The van der Waals surface area contributed by atoms with E-state index in [9.17, 15) is 8.42 Å². The van der Waals surface area contributed by atoms with Crippen LogP contribution in [0.25, 0.3) is 0 Å². The lowest BCUT2D eigenvalue weighted by atomic mass is 10.1. The second-order valence-electron chi connectivity index (χ2n) is 4.94. The van der Waals surface area contributed by atoms with E-state index in [0.717, 1.165) is 11.1 Å². The van der Waals surface area contributed by atoms with Gasteiger partial charge >= 0.3 is 0 Å². The number of hydrogen-bond acceptors (Lipinski definition) is 3. The number of ether oxygens (including phenoxy) is 1. The van der Waals surface area contributed by atoms with Crippen molar-refractivity contribution in [3.8, 4) is 5.75 Å². The summed E-state index contributed by atoms with van der Waals surface area (Å²) in [5.74, 6) is 0.683. The van der Waals surface area contributed by atoms with Crippen molar-refractivity contribution >= 4 is 15.7 Å². The standard InChI is InChI=1S/C16H19NO3S/c1-11-7-5-6-8-14(11)17-21(18,19)16-10-9-15(20-4)12(2)13(16)3/h5-10,17H,1-4H3. The van der Waals surface area contributed by atoms with Crippen molar-refractivity contribution in [3.63, 3.8) is 0 Å². The van der Waals surface area contributed by atoms with Crippen LogP contribution in [0.4, 0.5) is 5.69 Å². The fraction of sp³-hybridized carbons (Fsp3) is 0.250. The minimum absolute atomic E-state index is 0.268. The number of rotatable bonds is 4. The molecule has 2 aromatic carbocycles. The van der Waals surface area contributed by atoms with Gasteiger partial charge in [-0.05, 0) is 55.7 Å².